The molecule has 0 amide bonds. The third kappa shape index (κ3) is 1.61. The molecule has 1 atom stereocenters. The van der Waals surface area contributed by atoms with E-state index in [4.69, 9.17) is 9.84 Å². The Morgan fingerprint density at radius 1 is 1.25 bits per heavy atom. The van der Waals surface area contributed by atoms with Gasteiger partial charge in [-0.25, -0.2) is 0 Å². The monoisotopic (exact) mass is 218 g/mol. The quantitative estimate of drug-likeness (QED) is 0.827. The van der Waals surface area contributed by atoms with Crippen molar-refractivity contribution in [2.24, 2.45) is 0 Å². The van der Waals surface area contributed by atoms with E-state index in [1.807, 2.05) is 0 Å². The summed E-state index contributed by atoms with van der Waals surface area (Å²) in [6, 6.07) is 6.47. The molecule has 0 saturated heterocycles. The standard InChI is InChI=1S/C14H18O2/c15-9-12-8-11-6-3-7-13(14(11)16-12)10-4-1-2-5-10/h3,6-7,10,12,15H,1-2,4-5,8-9H2. The second-order valence-electron chi connectivity index (χ2n) is 4.94. The van der Waals surface area contributed by atoms with Crippen molar-refractivity contribution in [2.75, 3.05) is 6.61 Å². The Labute approximate surface area is 96.2 Å². The lowest BCUT2D eigenvalue weighted by Gasteiger charge is -2.15. The minimum Gasteiger partial charge on any atom is -0.487 e. The SMILES string of the molecule is OCC1Cc2cccc(C3CCCC3)c2O1. The second-order valence-corrected chi connectivity index (χ2v) is 4.94. The van der Waals surface area contributed by atoms with E-state index >= 15 is 0 Å². The van der Waals surface area contributed by atoms with Crippen LogP contribution >= 0.6 is 0 Å². The summed E-state index contributed by atoms with van der Waals surface area (Å²) in [5.74, 6) is 1.76. The molecule has 1 heterocycles. The number of hydrogen-bond donors (Lipinski definition) is 1. The molecule has 0 radical (unpaired) electrons. The number of aliphatic hydroxyl groups excluding tert-OH is 1. The maximum absolute atomic E-state index is 9.17. The lowest BCUT2D eigenvalue weighted by atomic mass is 9.94. The highest BCUT2D eigenvalue weighted by atomic mass is 16.5. The van der Waals surface area contributed by atoms with E-state index in [0.717, 1.165) is 12.2 Å². The Bertz CT molecular complexity index is 380. The van der Waals surface area contributed by atoms with Crippen molar-refractivity contribution < 1.29 is 9.84 Å². The number of fused-ring (bicyclic) bond motifs is 1. The summed E-state index contributed by atoms with van der Waals surface area (Å²) in [6.07, 6.45) is 6.13. The van der Waals surface area contributed by atoms with Gasteiger partial charge in [0.1, 0.15) is 11.9 Å². The van der Waals surface area contributed by atoms with Crippen molar-refractivity contribution in [3.8, 4) is 5.75 Å². The maximum atomic E-state index is 9.17. The van der Waals surface area contributed by atoms with Crippen LogP contribution in [0.2, 0.25) is 0 Å². The van der Waals surface area contributed by atoms with Crippen LogP contribution in [-0.2, 0) is 6.42 Å². The molecule has 0 bridgehead atoms. The van der Waals surface area contributed by atoms with Gasteiger partial charge in [0.25, 0.3) is 0 Å². The van der Waals surface area contributed by atoms with Gasteiger partial charge in [-0.2, -0.15) is 0 Å². The number of aliphatic hydroxyl groups is 1. The van der Waals surface area contributed by atoms with Crippen LogP contribution in [0.15, 0.2) is 18.2 Å². The van der Waals surface area contributed by atoms with Crippen LogP contribution in [0.4, 0.5) is 0 Å². The Balaban J connectivity index is 1.93. The molecule has 2 nitrogen and oxygen atoms in total. The summed E-state index contributed by atoms with van der Waals surface area (Å²) in [7, 11) is 0. The normalized spacial score (nSPS) is 24.4. The average molecular weight is 218 g/mol. The van der Waals surface area contributed by atoms with Gasteiger partial charge in [-0.1, -0.05) is 31.0 Å². The molecule has 1 fully saturated rings. The minimum absolute atomic E-state index is 0.0162. The van der Waals surface area contributed by atoms with Crippen LogP contribution in [0.5, 0.6) is 5.75 Å². The second kappa shape index (κ2) is 4.10. The van der Waals surface area contributed by atoms with Crippen molar-refractivity contribution in [3.05, 3.63) is 29.3 Å². The van der Waals surface area contributed by atoms with E-state index in [-0.39, 0.29) is 12.7 Å². The molecule has 2 aliphatic rings. The molecule has 1 unspecified atom stereocenters. The molecule has 0 spiro atoms. The smallest absolute Gasteiger partial charge is 0.126 e. The molecule has 2 heteroatoms. The van der Waals surface area contributed by atoms with E-state index < -0.39 is 0 Å². The Hall–Kier alpha value is -1.02. The molecule has 1 aliphatic heterocycles. The minimum atomic E-state index is -0.0162. The van der Waals surface area contributed by atoms with Gasteiger partial charge in [-0.15, -0.1) is 0 Å². The highest BCUT2D eigenvalue weighted by Gasteiger charge is 2.28. The predicted octanol–water partition coefficient (Wildman–Crippen LogP) is 2.64. The molecule has 1 N–H and O–H groups in total. The summed E-state index contributed by atoms with van der Waals surface area (Å²) in [4.78, 5) is 0. The topological polar surface area (TPSA) is 29.5 Å². The zero-order valence-corrected chi connectivity index (χ0v) is 9.48. The van der Waals surface area contributed by atoms with Gasteiger partial charge in [0.2, 0.25) is 0 Å². The van der Waals surface area contributed by atoms with Crippen molar-refractivity contribution in [1.29, 1.82) is 0 Å². The molecule has 1 saturated carbocycles. The fourth-order valence-corrected chi connectivity index (χ4v) is 3.02. The molecular weight excluding hydrogens is 200 g/mol. The van der Waals surface area contributed by atoms with Crippen LogP contribution in [0, 0.1) is 0 Å². The van der Waals surface area contributed by atoms with Crippen LogP contribution in [0.1, 0.15) is 42.7 Å². The molecule has 1 aromatic carbocycles. The van der Waals surface area contributed by atoms with Gasteiger partial charge in [0.15, 0.2) is 0 Å². The first-order valence-corrected chi connectivity index (χ1v) is 6.28. The van der Waals surface area contributed by atoms with Crippen molar-refractivity contribution in [2.45, 2.75) is 44.1 Å². The summed E-state index contributed by atoms with van der Waals surface area (Å²) < 4.78 is 5.85. The molecule has 1 aliphatic carbocycles. The molecule has 86 valence electrons. The van der Waals surface area contributed by atoms with Crippen LogP contribution in [-0.4, -0.2) is 17.8 Å². The van der Waals surface area contributed by atoms with Crippen LogP contribution in [0.25, 0.3) is 0 Å². The highest BCUT2D eigenvalue weighted by molar-refractivity contribution is 5.46. The van der Waals surface area contributed by atoms with E-state index in [0.29, 0.717) is 5.92 Å². The molecule has 1 aromatic rings. The van der Waals surface area contributed by atoms with Gasteiger partial charge in [-0.05, 0) is 29.9 Å². The number of para-hydroxylation sites is 1. The van der Waals surface area contributed by atoms with E-state index in [1.165, 1.54) is 36.8 Å². The van der Waals surface area contributed by atoms with Gasteiger partial charge < -0.3 is 9.84 Å². The van der Waals surface area contributed by atoms with Crippen LogP contribution < -0.4 is 4.74 Å². The third-order valence-corrected chi connectivity index (χ3v) is 3.86. The largest absolute Gasteiger partial charge is 0.487 e. The number of hydrogen-bond acceptors (Lipinski definition) is 2. The molecular formula is C14H18O2. The first kappa shape index (κ1) is 10.2. The predicted molar refractivity (Wildman–Crippen MR) is 62.9 cm³/mol. The number of ether oxygens (including phenoxy) is 1. The third-order valence-electron chi connectivity index (χ3n) is 3.86. The summed E-state index contributed by atoms with van der Waals surface area (Å²) >= 11 is 0. The Kier molecular flexibility index (Phi) is 2.60. The van der Waals surface area contributed by atoms with E-state index in [9.17, 15) is 0 Å². The Morgan fingerprint density at radius 3 is 2.81 bits per heavy atom. The number of rotatable bonds is 2. The highest BCUT2D eigenvalue weighted by Crippen LogP contribution is 2.42. The van der Waals surface area contributed by atoms with Gasteiger partial charge >= 0.3 is 0 Å². The maximum Gasteiger partial charge on any atom is 0.126 e. The molecule has 16 heavy (non-hydrogen) atoms. The van der Waals surface area contributed by atoms with E-state index in [2.05, 4.69) is 18.2 Å². The van der Waals surface area contributed by atoms with Gasteiger partial charge in [0.05, 0.1) is 6.61 Å². The first-order valence-electron chi connectivity index (χ1n) is 6.28. The molecule has 3 rings (SSSR count). The first-order chi connectivity index (χ1) is 7.88. The van der Waals surface area contributed by atoms with Crippen molar-refractivity contribution in [1.82, 2.24) is 0 Å². The summed E-state index contributed by atoms with van der Waals surface area (Å²) in [5, 5.41) is 9.17. The summed E-state index contributed by atoms with van der Waals surface area (Å²) in [6.45, 7) is 0.124. The lowest BCUT2D eigenvalue weighted by molar-refractivity contribution is 0.133. The zero-order chi connectivity index (χ0) is 11.0. The fraction of sp³-hybridized carbons (Fsp3) is 0.571. The molecule has 0 aromatic heterocycles. The van der Waals surface area contributed by atoms with Crippen molar-refractivity contribution in [3.63, 3.8) is 0 Å². The van der Waals surface area contributed by atoms with Gasteiger partial charge in [-0.3, -0.25) is 0 Å². The van der Waals surface area contributed by atoms with Crippen molar-refractivity contribution >= 4 is 0 Å². The number of benzene rings is 1. The van der Waals surface area contributed by atoms with Gasteiger partial charge in [0, 0.05) is 6.42 Å². The zero-order valence-electron chi connectivity index (χ0n) is 9.48. The fourth-order valence-electron chi connectivity index (χ4n) is 3.02. The average Bonchev–Trinajstić information content (AvgIpc) is 2.97. The lowest BCUT2D eigenvalue weighted by Crippen LogP contribution is -2.17. The van der Waals surface area contributed by atoms with Crippen LogP contribution in [0.3, 0.4) is 0 Å². The Morgan fingerprint density at radius 2 is 2.06 bits per heavy atom. The van der Waals surface area contributed by atoms with E-state index in [1.54, 1.807) is 0 Å². The summed E-state index contributed by atoms with van der Waals surface area (Å²) in [5.41, 5.74) is 2.66.